The van der Waals surface area contributed by atoms with Crippen LogP contribution in [-0.2, 0) is 0 Å². The van der Waals surface area contributed by atoms with Gasteiger partial charge >= 0.3 is 0 Å². The van der Waals surface area contributed by atoms with Crippen molar-refractivity contribution in [1.29, 1.82) is 5.26 Å². The SMILES string of the molecule is CSc1nc(-c2cccc(OCC(F)F)c2)c(C#N)c(=O)[nH]1. The Morgan fingerprint density at radius 1 is 1.50 bits per heavy atom. The van der Waals surface area contributed by atoms with Gasteiger partial charge in [0.1, 0.15) is 24.0 Å². The summed E-state index contributed by atoms with van der Waals surface area (Å²) >= 11 is 1.22. The molecule has 2 aromatic rings. The molecule has 0 spiro atoms. The number of benzene rings is 1. The van der Waals surface area contributed by atoms with Crippen molar-refractivity contribution in [2.45, 2.75) is 11.6 Å². The zero-order valence-electron chi connectivity index (χ0n) is 11.5. The van der Waals surface area contributed by atoms with Crippen LogP contribution in [0.25, 0.3) is 11.3 Å². The van der Waals surface area contributed by atoms with Gasteiger partial charge < -0.3 is 9.72 Å². The van der Waals surface area contributed by atoms with Crippen LogP contribution in [0.3, 0.4) is 0 Å². The van der Waals surface area contributed by atoms with Crippen LogP contribution in [0.1, 0.15) is 5.56 Å². The van der Waals surface area contributed by atoms with E-state index in [-0.39, 0.29) is 17.0 Å². The Morgan fingerprint density at radius 3 is 2.91 bits per heavy atom. The highest BCUT2D eigenvalue weighted by Gasteiger charge is 2.14. The zero-order chi connectivity index (χ0) is 16.1. The Labute approximate surface area is 129 Å². The van der Waals surface area contributed by atoms with Crippen molar-refractivity contribution in [2.75, 3.05) is 12.9 Å². The van der Waals surface area contributed by atoms with Crippen molar-refractivity contribution in [3.05, 3.63) is 40.2 Å². The van der Waals surface area contributed by atoms with E-state index >= 15 is 0 Å². The summed E-state index contributed by atoms with van der Waals surface area (Å²) in [7, 11) is 0. The minimum atomic E-state index is -2.58. The van der Waals surface area contributed by atoms with Gasteiger partial charge in [0.15, 0.2) is 5.16 Å². The maximum absolute atomic E-state index is 12.2. The number of H-pyrrole nitrogens is 1. The average Bonchev–Trinajstić information content (AvgIpc) is 2.52. The molecule has 0 fully saturated rings. The fourth-order valence-corrected chi connectivity index (χ4v) is 2.13. The smallest absolute Gasteiger partial charge is 0.272 e. The number of hydrogen-bond acceptors (Lipinski definition) is 5. The second-order valence-electron chi connectivity index (χ2n) is 4.14. The van der Waals surface area contributed by atoms with Gasteiger partial charge in [-0.3, -0.25) is 4.79 Å². The molecule has 0 unspecified atom stereocenters. The monoisotopic (exact) mass is 323 g/mol. The first kappa shape index (κ1) is 16.0. The molecule has 114 valence electrons. The van der Waals surface area contributed by atoms with Crippen molar-refractivity contribution >= 4 is 11.8 Å². The topological polar surface area (TPSA) is 78.8 Å². The lowest BCUT2D eigenvalue weighted by Gasteiger charge is -2.08. The number of rotatable bonds is 5. The van der Waals surface area contributed by atoms with Gasteiger partial charge in [-0.15, -0.1) is 0 Å². The van der Waals surface area contributed by atoms with Crippen molar-refractivity contribution in [3.63, 3.8) is 0 Å². The van der Waals surface area contributed by atoms with E-state index in [1.807, 2.05) is 6.07 Å². The minimum Gasteiger partial charge on any atom is -0.488 e. The number of thioether (sulfide) groups is 1. The standard InChI is InChI=1S/C14H11F2N3O2S/c1-22-14-18-12(10(6-17)13(20)19-14)8-3-2-4-9(5-8)21-7-11(15)16/h2-5,11H,7H2,1H3,(H,18,19,20). The van der Waals surface area contributed by atoms with E-state index in [4.69, 9.17) is 10.00 Å². The molecular formula is C14H11F2N3O2S. The lowest BCUT2D eigenvalue weighted by atomic mass is 10.1. The van der Waals surface area contributed by atoms with Gasteiger partial charge in [-0.25, -0.2) is 13.8 Å². The summed E-state index contributed by atoms with van der Waals surface area (Å²) in [6.45, 7) is -0.729. The van der Waals surface area contributed by atoms with Gasteiger partial charge in [0.2, 0.25) is 0 Å². The summed E-state index contributed by atoms with van der Waals surface area (Å²) in [5, 5.41) is 9.48. The highest BCUT2D eigenvalue weighted by atomic mass is 32.2. The third-order valence-corrected chi connectivity index (χ3v) is 3.27. The number of aromatic amines is 1. The van der Waals surface area contributed by atoms with E-state index in [1.54, 1.807) is 18.4 Å². The van der Waals surface area contributed by atoms with Gasteiger partial charge in [0.05, 0.1) is 5.69 Å². The lowest BCUT2D eigenvalue weighted by molar-refractivity contribution is 0.0819. The first-order valence-electron chi connectivity index (χ1n) is 6.15. The second kappa shape index (κ2) is 7.04. The molecule has 0 atom stereocenters. The van der Waals surface area contributed by atoms with Crippen molar-refractivity contribution in [1.82, 2.24) is 9.97 Å². The number of halogens is 2. The van der Waals surface area contributed by atoms with Crippen LogP contribution in [0, 0.1) is 11.3 Å². The summed E-state index contributed by atoms with van der Waals surface area (Å²) < 4.78 is 29.3. The number of nitriles is 1. The Morgan fingerprint density at radius 2 is 2.27 bits per heavy atom. The third-order valence-electron chi connectivity index (χ3n) is 2.69. The van der Waals surface area contributed by atoms with Crippen LogP contribution >= 0.6 is 11.8 Å². The van der Waals surface area contributed by atoms with Gasteiger partial charge in [-0.2, -0.15) is 5.26 Å². The Kier molecular flexibility index (Phi) is 5.12. The average molecular weight is 323 g/mol. The van der Waals surface area contributed by atoms with E-state index in [0.29, 0.717) is 10.7 Å². The zero-order valence-corrected chi connectivity index (χ0v) is 12.3. The number of nitrogens with one attached hydrogen (secondary N) is 1. The molecule has 5 nitrogen and oxygen atoms in total. The molecule has 0 aliphatic carbocycles. The van der Waals surface area contributed by atoms with Crippen LogP contribution in [0.2, 0.25) is 0 Å². The Balaban J connectivity index is 2.48. The molecule has 1 N–H and O–H groups in total. The van der Waals surface area contributed by atoms with Crippen molar-refractivity contribution in [2.24, 2.45) is 0 Å². The molecule has 1 aromatic heterocycles. The Bertz CT molecular complexity index is 771. The molecule has 0 saturated carbocycles. The van der Waals surface area contributed by atoms with Crippen LogP contribution in [0.5, 0.6) is 5.75 Å². The number of hydrogen-bond donors (Lipinski definition) is 1. The van der Waals surface area contributed by atoms with E-state index in [0.717, 1.165) is 0 Å². The quantitative estimate of drug-likeness (QED) is 0.676. The molecule has 0 aliphatic rings. The number of alkyl halides is 2. The second-order valence-corrected chi connectivity index (χ2v) is 4.94. The summed E-state index contributed by atoms with van der Waals surface area (Å²) in [4.78, 5) is 18.6. The van der Waals surface area contributed by atoms with Crippen molar-refractivity contribution in [3.8, 4) is 23.1 Å². The first-order chi connectivity index (χ1) is 10.5. The number of nitrogens with zero attached hydrogens (tertiary/aromatic N) is 2. The van der Waals surface area contributed by atoms with E-state index in [2.05, 4.69) is 9.97 Å². The van der Waals surface area contributed by atoms with Crippen LogP contribution < -0.4 is 10.3 Å². The fraction of sp³-hybridized carbons (Fsp3) is 0.214. The molecule has 1 aromatic carbocycles. The molecule has 8 heteroatoms. The van der Waals surface area contributed by atoms with Gasteiger partial charge in [-0.05, 0) is 18.4 Å². The Hall–Kier alpha value is -2.40. The molecule has 1 heterocycles. The molecule has 0 amide bonds. The summed E-state index contributed by atoms with van der Waals surface area (Å²) in [5.74, 6) is 0.217. The van der Waals surface area contributed by atoms with Crippen molar-refractivity contribution < 1.29 is 13.5 Å². The molecule has 0 aliphatic heterocycles. The fourth-order valence-electron chi connectivity index (χ4n) is 1.75. The molecular weight excluding hydrogens is 312 g/mol. The highest BCUT2D eigenvalue weighted by molar-refractivity contribution is 7.98. The van der Waals surface area contributed by atoms with E-state index in [1.165, 1.54) is 23.9 Å². The minimum absolute atomic E-state index is 0.135. The van der Waals surface area contributed by atoms with Crippen LogP contribution in [0.15, 0.2) is 34.2 Å². The predicted octanol–water partition coefficient (Wildman–Crippen LogP) is 2.67. The molecule has 2 rings (SSSR count). The summed E-state index contributed by atoms with van der Waals surface area (Å²) in [5.41, 5.74) is -0.0395. The molecule has 0 radical (unpaired) electrons. The highest BCUT2D eigenvalue weighted by Crippen LogP contribution is 2.25. The van der Waals surface area contributed by atoms with Crippen LogP contribution in [0.4, 0.5) is 8.78 Å². The van der Waals surface area contributed by atoms with Gasteiger partial charge in [0, 0.05) is 5.56 Å². The lowest BCUT2D eigenvalue weighted by Crippen LogP contribution is -2.14. The third kappa shape index (κ3) is 3.62. The van der Waals surface area contributed by atoms with Gasteiger partial charge in [-0.1, -0.05) is 23.9 Å². The maximum Gasteiger partial charge on any atom is 0.272 e. The van der Waals surface area contributed by atoms with E-state index < -0.39 is 18.6 Å². The van der Waals surface area contributed by atoms with Gasteiger partial charge in [0.25, 0.3) is 12.0 Å². The molecule has 22 heavy (non-hydrogen) atoms. The van der Waals surface area contributed by atoms with E-state index in [9.17, 15) is 13.6 Å². The predicted molar refractivity (Wildman–Crippen MR) is 78.3 cm³/mol. The number of ether oxygens (including phenoxy) is 1. The number of aromatic nitrogens is 2. The summed E-state index contributed by atoms with van der Waals surface area (Å²) in [6.07, 6.45) is -0.852. The maximum atomic E-state index is 12.2. The largest absolute Gasteiger partial charge is 0.488 e. The molecule has 0 saturated heterocycles. The molecule has 0 bridgehead atoms. The first-order valence-corrected chi connectivity index (χ1v) is 7.37. The summed E-state index contributed by atoms with van der Waals surface area (Å²) in [6, 6.07) is 8.00. The normalized spacial score (nSPS) is 10.5. The van der Waals surface area contributed by atoms with Crippen LogP contribution in [-0.4, -0.2) is 29.3 Å².